The summed E-state index contributed by atoms with van der Waals surface area (Å²) in [7, 11) is 0. The van der Waals surface area contributed by atoms with Crippen LogP contribution in [0.25, 0.3) is 10.9 Å². The molecule has 2 aromatic carbocycles. The van der Waals surface area contributed by atoms with Crippen LogP contribution in [-0.2, 0) is 11.2 Å². The Kier molecular flexibility index (Phi) is 7.26. The number of amides is 1. The van der Waals surface area contributed by atoms with Crippen LogP contribution >= 0.6 is 0 Å². The molecule has 170 valence electrons. The average molecular weight is 436 g/mol. The molecule has 0 spiro atoms. The highest BCUT2D eigenvalue weighted by molar-refractivity contribution is 5.86. The molecule has 1 saturated heterocycles. The number of unbranched alkanes of at least 4 members (excludes halogenated alkanes) is 1. The number of halogens is 1. The minimum atomic E-state index is -0.231. The van der Waals surface area contributed by atoms with Crippen molar-refractivity contribution in [2.75, 3.05) is 19.6 Å². The van der Waals surface area contributed by atoms with Crippen LogP contribution in [0.4, 0.5) is 4.39 Å². The molecule has 1 unspecified atom stereocenters. The van der Waals surface area contributed by atoms with Gasteiger partial charge in [0.1, 0.15) is 5.82 Å². The number of nitrogens with zero attached hydrogens (tertiary/aromatic N) is 2. The Morgan fingerprint density at radius 3 is 2.56 bits per heavy atom. The normalized spacial score (nSPS) is 16.4. The number of hydrogen-bond donors (Lipinski definition) is 1. The van der Waals surface area contributed by atoms with E-state index in [1.54, 1.807) is 0 Å². The smallest absolute Gasteiger partial charge is 0.224 e. The zero-order valence-electron chi connectivity index (χ0n) is 19.0. The van der Waals surface area contributed by atoms with Gasteiger partial charge in [0.2, 0.25) is 5.91 Å². The number of aromatic nitrogens is 1. The molecule has 5 heteroatoms. The van der Waals surface area contributed by atoms with Crippen molar-refractivity contribution in [3.8, 4) is 0 Å². The molecule has 0 bridgehead atoms. The molecule has 1 aromatic heterocycles. The predicted molar refractivity (Wildman–Crippen MR) is 128 cm³/mol. The highest BCUT2D eigenvalue weighted by Crippen LogP contribution is 2.31. The fourth-order valence-electron chi connectivity index (χ4n) is 4.94. The van der Waals surface area contributed by atoms with Crippen LogP contribution in [-0.4, -0.2) is 35.0 Å². The number of carbonyl (C=O) groups excluding carboxylic acids is 1. The Labute approximate surface area is 190 Å². The van der Waals surface area contributed by atoms with Gasteiger partial charge in [-0.25, -0.2) is 4.39 Å². The summed E-state index contributed by atoms with van der Waals surface area (Å²) in [5, 5.41) is 1.21. The lowest BCUT2D eigenvalue weighted by Gasteiger charge is -2.33. The van der Waals surface area contributed by atoms with Crippen molar-refractivity contribution in [3.05, 3.63) is 71.7 Å². The van der Waals surface area contributed by atoms with Gasteiger partial charge in [0.05, 0.1) is 5.92 Å². The van der Waals surface area contributed by atoms with Crippen molar-refractivity contribution < 1.29 is 9.18 Å². The van der Waals surface area contributed by atoms with Crippen LogP contribution in [0, 0.1) is 5.82 Å². The second-order valence-electron chi connectivity index (χ2n) is 9.09. The molecule has 4 rings (SSSR count). The number of carbonyl (C=O) groups is 1. The third kappa shape index (κ3) is 5.21. The molecule has 1 atom stereocenters. The first-order valence-corrected chi connectivity index (χ1v) is 11.9. The standard InChI is InChI=1S/C27H34FN3O/c1-2-3-4-25(27(29)32)22-8-7-21-12-18-31(26(21)19-22)24-13-16-30(17-14-24)15-11-20-5-9-23(28)10-6-20/h5-10,12,18-19,24-25H,2-4,11,13-17H2,1H3,(H2,29,32). The van der Waals surface area contributed by atoms with Crippen molar-refractivity contribution in [1.82, 2.24) is 9.47 Å². The first-order chi connectivity index (χ1) is 15.5. The van der Waals surface area contributed by atoms with Gasteiger partial charge < -0.3 is 15.2 Å². The molecular formula is C27H34FN3O. The number of primary amides is 1. The summed E-state index contributed by atoms with van der Waals surface area (Å²) in [6.07, 6.45) is 8.22. The van der Waals surface area contributed by atoms with Gasteiger partial charge in [-0.05, 0) is 66.5 Å². The van der Waals surface area contributed by atoms with Crippen LogP contribution in [0.15, 0.2) is 54.7 Å². The quantitative estimate of drug-likeness (QED) is 0.488. The fraction of sp³-hybridized carbons (Fsp3) is 0.444. The molecule has 0 saturated carbocycles. The van der Waals surface area contributed by atoms with E-state index in [-0.39, 0.29) is 17.6 Å². The SMILES string of the molecule is CCCCC(C(N)=O)c1ccc2ccn(C3CCN(CCc4ccc(F)cc4)CC3)c2c1. The summed E-state index contributed by atoms with van der Waals surface area (Å²) in [5.41, 5.74) is 9.16. The second-order valence-corrected chi connectivity index (χ2v) is 9.09. The zero-order valence-corrected chi connectivity index (χ0v) is 19.0. The Hall–Kier alpha value is -2.66. The highest BCUT2D eigenvalue weighted by atomic mass is 19.1. The molecule has 1 aliphatic heterocycles. The van der Waals surface area contributed by atoms with Crippen molar-refractivity contribution in [3.63, 3.8) is 0 Å². The van der Waals surface area contributed by atoms with E-state index < -0.39 is 0 Å². The fourth-order valence-corrected chi connectivity index (χ4v) is 4.94. The van der Waals surface area contributed by atoms with Crippen LogP contribution in [0.1, 0.15) is 62.1 Å². The van der Waals surface area contributed by atoms with E-state index >= 15 is 0 Å². The van der Waals surface area contributed by atoms with Gasteiger partial charge in [-0.2, -0.15) is 0 Å². The first kappa shape index (κ1) is 22.5. The minimum absolute atomic E-state index is 0.177. The molecule has 2 heterocycles. The van der Waals surface area contributed by atoms with E-state index in [1.165, 1.54) is 28.6 Å². The van der Waals surface area contributed by atoms with E-state index in [0.717, 1.165) is 63.7 Å². The summed E-state index contributed by atoms with van der Waals surface area (Å²) in [6.45, 7) is 5.27. The summed E-state index contributed by atoms with van der Waals surface area (Å²) in [6, 6.07) is 15.9. The number of likely N-dealkylation sites (tertiary alicyclic amines) is 1. The van der Waals surface area contributed by atoms with Crippen molar-refractivity contribution in [2.24, 2.45) is 5.73 Å². The summed E-state index contributed by atoms with van der Waals surface area (Å²) in [5.74, 6) is -0.620. The number of hydrogen-bond acceptors (Lipinski definition) is 2. The average Bonchev–Trinajstić information content (AvgIpc) is 3.22. The Balaban J connectivity index is 1.41. The van der Waals surface area contributed by atoms with Crippen LogP contribution in [0.5, 0.6) is 0 Å². The third-order valence-electron chi connectivity index (χ3n) is 6.92. The topological polar surface area (TPSA) is 51.3 Å². The number of nitrogens with two attached hydrogens (primary N) is 1. The number of benzene rings is 2. The largest absolute Gasteiger partial charge is 0.369 e. The summed E-state index contributed by atoms with van der Waals surface area (Å²) < 4.78 is 15.5. The molecule has 0 aliphatic carbocycles. The molecule has 2 N–H and O–H groups in total. The van der Waals surface area contributed by atoms with E-state index in [0.29, 0.717) is 6.04 Å². The zero-order chi connectivity index (χ0) is 22.5. The van der Waals surface area contributed by atoms with Gasteiger partial charge in [-0.15, -0.1) is 0 Å². The maximum absolute atomic E-state index is 13.1. The molecule has 3 aromatic rings. The Morgan fingerprint density at radius 1 is 1.12 bits per heavy atom. The molecular weight excluding hydrogens is 401 g/mol. The van der Waals surface area contributed by atoms with Crippen LogP contribution in [0.3, 0.4) is 0 Å². The van der Waals surface area contributed by atoms with Crippen LogP contribution in [0.2, 0.25) is 0 Å². The highest BCUT2D eigenvalue weighted by Gasteiger charge is 2.23. The van der Waals surface area contributed by atoms with E-state index in [2.05, 4.69) is 46.9 Å². The van der Waals surface area contributed by atoms with Gasteiger partial charge >= 0.3 is 0 Å². The minimum Gasteiger partial charge on any atom is -0.369 e. The third-order valence-corrected chi connectivity index (χ3v) is 6.92. The summed E-state index contributed by atoms with van der Waals surface area (Å²) >= 11 is 0. The van der Waals surface area contributed by atoms with Crippen molar-refractivity contribution >= 4 is 16.8 Å². The molecule has 32 heavy (non-hydrogen) atoms. The lowest BCUT2D eigenvalue weighted by atomic mass is 9.92. The number of rotatable bonds is 9. The monoisotopic (exact) mass is 435 g/mol. The van der Waals surface area contributed by atoms with E-state index in [4.69, 9.17) is 5.73 Å². The Morgan fingerprint density at radius 2 is 1.88 bits per heavy atom. The molecule has 1 aliphatic rings. The maximum atomic E-state index is 13.1. The predicted octanol–water partition coefficient (Wildman–Crippen LogP) is 5.42. The van der Waals surface area contributed by atoms with E-state index in [1.807, 2.05) is 12.1 Å². The van der Waals surface area contributed by atoms with Gasteiger partial charge in [-0.1, -0.05) is 44.0 Å². The number of fused-ring (bicyclic) bond motifs is 1. The number of piperidine rings is 1. The molecule has 1 amide bonds. The lowest BCUT2D eigenvalue weighted by Crippen LogP contribution is -2.35. The van der Waals surface area contributed by atoms with Gasteiger partial charge in [-0.3, -0.25) is 4.79 Å². The van der Waals surface area contributed by atoms with Crippen LogP contribution < -0.4 is 5.73 Å². The molecule has 0 radical (unpaired) electrons. The van der Waals surface area contributed by atoms with Crippen molar-refractivity contribution in [2.45, 2.75) is 57.4 Å². The lowest BCUT2D eigenvalue weighted by molar-refractivity contribution is -0.119. The molecule has 1 fully saturated rings. The van der Waals surface area contributed by atoms with Gasteiger partial charge in [0.25, 0.3) is 0 Å². The first-order valence-electron chi connectivity index (χ1n) is 11.9. The summed E-state index contributed by atoms with van der Waals surface area (Å²) in [4.78, 5) is 14.6. The van der Waals surface area contributed by atoms with E-state index in [9.17, 15) is 9.18 Å². The maximum Gasteiger partial charge on any atom is 0.224 e. The second kappa shape index (κ2) is 10.3. The van der Waals surface area contributed by atoms with Crippen molar-refractivity contribution in [1.29, 1.82) is 0 Å². The van der Waals surface area contributed by atoms with Gasteiger partial charge in [0, 0.05) is 37.4 Å². The Bertz CT molecular complexity index is 1030. The molecule has 4 nitrogen and oxygen atoms in total. The van der Waals surface area contributed by atoms with Gasteiger partial charge in [0.15, 0.2) is 0 Å².